The van der Waals surface area contributed by atoms with Crippen LogP contribution in [0.15, 0.2) is 54.9 Å². The number of pyridine rings is 1. The molecule has 2 amide bonds. The van der Waals surface area contributed by atoms with E-state index in [-0.39, 0.29) is 11.8 Å². The second kappa shape index (κ2) is 7.03. The molecular formula is C23H24N4O2. The second-order valence-electron chi connectivity index (χ2n) is 8.22. The van der Waals surface area contributed by atoms with Crippen molar-refractivity contribution in [2.24, 2.45) is 5.41 Å². The standard InChI is InChI=1S/C23H24N4O2/c28-21(20-13-18-6-1-2-7-19(18)25-20)27-12-9-23(16-27)8-4-11-26(22(23)29)15-17-5-3-10-24-14-17/h1-3,5-7,10,13-14,25H,4,8-9,11-12,15-16H2. The van der Waals surface area contributed by atoms with Gasteiger partial charge in [0.1, 0.15) is 5.69 Å². The molecule has 1 unspecified atom stereocenters. The molecule has 2 fully saturated rings. The summed E-state index contributed by atoms with van der Waals surface area (Å²) < 4.78 is 0. The van der Waals surface area contributed by atoms with E-state index in [4.69, 9.17) is 0 Å². The van der Waals surface area contributed by atoms with Gasteiger partial charge in [0.05, 0.1) is 5.41 Å². The number of benzene rings is 1. The highest BCUT2D eigenvalue weighted by atomic mass is 16.2. The van der Waals surface area contributed by atoms with Crippen molar-refractivity contribution in [2.45, 2.75) is 25.8 Å². The van der Waals surface area contributed by atoms with E-state index in [1.54, 1.807) is 6.20 Å². The normalized spacial score (nSPS) is 22.0. The average Bonchev–Trinajstić information content (AvgIpc) is 3.37. The van der Waals surface area contributed by atoms with E-state index in [0.29, 0.717) is 25.3 Å². The van der Waals surface area contributed by atoms with Crippen LogP contribution in [0.5, 0.6) is 0 Å². The highest BCUT2D eigenvalue weighted by Crippen LogP contribution is 2.41. The van der Waals surface area contributed by atoms with E-state index in [0.717, 1.165) is 42.3 Å². The molecule has 2 aliphatic rings. The molecule has 0 radical (unpaired) electrons. The van der Waals surface area contributed by atoms with Crippen LogP contribution in [-0.4, -0.2) is 51.2 Å². The molecule has 0 aliphatic carbocycles. The van der Waals surface area contributed by atoms with Crippen LogP contribution in [0.3, 0.4) is 0 Å². The Morgan fingerprint density at radius 1 is 1.14 bits per heavy atom. The first kappa shape index (κ1) is 17.9. The zero-order valence-corrected chi connectivity index (χ0v) is 16.3. The summed E-state index contributed by atoms with van der Waals surface area (Å²) in [4.78, 5) is 37.6. The highest BCUT2D eigenvalue weighted by molar-refractivity contribution is 5.98. The molecule has 148 valence electrons. The fourth-order valence-electron chi connectivity index (χ4n) is 4.80. The molecule has 2 aliphatic heterocycles. The molecule has 0 bridgehead atoms. The van der Waals surface area contributed by atoms with Gasteiger partial charge < -0.3 is 14.8 Å². The van der Waals surface area contributed by atoms with Crippen molar-refractivity contribution in [3.8, 4) is 0 Å². The Morgan fingerprint density at radius 3 is 2.86 bits per heavy atom. The van der Waals surface area contributed by atoms with Gasteiger partial charge in [0, 0.05) is 49.5 Å². The minimum atomic E-state index is -0.442. The lowest BCUT2D eigenvalue weighted by molar-refractivity contribution is -0.146. The van der Waals surface area contributed by atoms with E-state index >= 15 is 0 Å². The molecule has 5 rings (SSSR count). The lowest BCUT2D eigenvalue weighted by Gasteiger charge is -2.39. The molecule has 6 heteroatoms. The molecule has 6 nitrogen and oxygen atoms in total. The molecule has 3 aromatic rings. The Morgan fingerprint density at radius 2 is 2.03 bits per heavy atom. The molecule has 4 heterocycles. The van der Waals surface area contributed by atoms with E-state index in [2.05, 4.69) is 9.97 Å². The van der Waals surface area contributed by atoms with Crippen LogP contribution in [0, 0.1) is 5.41 Å². The molecular weight excluding hydrogens is 364 g/mol. The van der Waals surface area contributed by atoms with Gasteiger partial charge in [-0.3, -0.25) is 14.6 Å². The van der Waals surface area contributed by atoms with Crippen molar-refractivity contribution < 1.29 is 9.59 Å². The molecule has 2 aromatic heterocycles. The van der Waals surface area contributed by atoms with E-state index < -0.39 is 5.41 Å². The van der Waals surface area contributed by atoms with Crippen molar-refractivity contribution in [1.29, 1.82) is 0 Å². The maximum atomic E-state index is 13.4. The number of amides is 2. The molecule has 1 aromatic carbocycles. The lowest BCUT2D eigenvalue weighted by atomic mass is 9.78. The minimum absolute atomic E-state index is 0.0183. The number of nitrogens with zero attached hydrogens (tertiary/aromatic N) is 3. The third-order valence-corrected chi connectivity index (χ3v) is 6.32. The van der Waals surface area contributed by atoms with Crippen LogP contribution in [0.25, 0.3) is 10.9 Å². The van der Waals surface area contributed by atoms with Crippen LogP contribution in [0.1, 0.15) is 35.3 Å². The van der Waals surface area contributed by atoms with Crippen LogP contribution in [-0.2, 0) is 11.3 Å². The Bertz CT molecular complexity index is 1030. The van der Waals surface area contributed by atoms with Gasteiger partial charge in [0.15, 0.2) is 0 Å². The summed E-state index contributed by atoms with van der Waals surface area (Å²) in [5, 5.41) is 1.03. The number of hydrogen-bond acceptors (Lipinski definition) is 3. The highest BCUT2D eigenvalue weighted by Gasteiger charge is 2.49. The number of para-hydroxylation sites is 1. The van der Waals surface area contributed by atoms with Gasteiger partial charge in [-0.1, -0.05) is 24.3 Å². The SMILES string of the molecule is O=C(c1cc2ccccc2[nH]1)N1CCC2(CCCN(Cc3cccnc3)C2=O)C1. The number of H-pyrrole nitrogens is 1. The zero-order chi connectivity index (χ0) is 19.8. The maximum absolute atomic E-state index is 13.4. The van der Waals surface area contributed by atoms with Crippen molar-refractivity contribution >= 4 is 22.7 Å². The first-order valence-electron chi connectivity index (χ1n) is 10.2. The lowest BCUT2D eigenvalue weighted by Crippen LogP contribution is -2.50. The molecule has 0 saturated carbocycles. The van der Waals surface area contributed by atoms with Gasteiger partial charge in [-0.05, 0) is 43.0 Å². The van der Waals surface area contributed by atoms with E-state index in [1.165, 1.54) is 0 Å². The van der Waals surface area contributed by atoms with Crippen LogP contribution < -0.4 is 0 Å². The van der Waals surface area contributed by atoms with Crippen molar-refractivity contribution in [1.82, 2.24) is 19.8 Å². The minimum Gasteiger partial charge on any atom is -0.351 e. The van der Waals surface area contributed by atoms with Crippen molar-refractivity contribution in [3.63, 3.8) is 0 Å². The number of piperidine rings is 1. The molecule has 1 spiro atoms. The number of fused-ring (bicyclic) bond motifs is 1. The van der Waals surface area contributed by atoms with Gasteiger partial charge >= 0.3 is 0 Å². The number of carbonyl (C=O) groups excluding carboxylic acids is 2. The summed E-state index contributed by atoms with van der Waals surface area (Å²) in [7, 11) is 0. The van der Waals surface area contributed by atoms with Crippen molar-refractivity contribution in [2.75, 3.05) is 19.6 Å². The number of aromatic nitrogens is 2. The summed E-state index contributed by atoms with van der Waals surface area (Å²) in [6, 6.07) is 13.7. The average molecular weight is 388 g/mol. The number of carbonyl (C=O) groups is 2. The summed E-state index contributed by atoms with van der Waals surface area (Å²) >= 11 is 0. The molecule has 2 saturated heterocycles. The first-order chi connectivity index (χ1) is 14.1. The topological polar surface area (TPSA) is 69.3 Å². The Balaban J connectivity index is 1.33. The fraction of sp³-hybridized carbons (Fsp3) is 0.348. The summed E-state index contributed by atoms with van der Waals surface area (Å²) in [5.41, 5.74) is 2.16. The van der Waals surface area contributed by atoms with Crippen molar-refractivity contribution in [3.05, 3.63) is 66.1 Å². The summed E-state index contributed by atoms with van der Waals surface area (Å²) in [6.07, 6.45) is 6.12. The summed E-state index contributed by atoms with van der Waals surface area (Å²) in [6.45, 7) is 2.49. The number of rotatable bonds is 3. The molecule has 1 atom stereocenters. The van der Waals surface area contributed by atoms with E-state index in [9.17, 15) is 9.59 Å². The quantitative estimate of drug-likeness (QED) is 0.749. The Hall–Kier alpha value is -3.15. The number of aromatic amines is 1. The van der Waals surface area contributed by atoms with Crippen LogP contribution in [0.4, 0.5) is 0 Å². The predicted octanol–water partition coefficient (Wildman–Crippen LogP) is 3.22. The summed E-state index contributed by atoms with van der Waals surface area (Å²) in [5.74, 6) is 0.162. The van der Waals surface area contributed by atoms with Gasteiger partial charge in [-0.2, -0.15) is 0 Å². The maximum Gasteiger partial charge on any atom is 0.270 e. The smallest absolute Gasteiger partial charge is 0.270 e. The Kier molecular flexibility index (Phi) is 4.34. The van der Waals surface area contributed by atoms with Crippen LogP contribution >= 0.6 is 0 Å². The number of likely N-dealkylation sites (tertiary alicyclic amines) is 2. The van der Waals surface area contributed by atoms with Gasteiger partial charge in [-0.25, -0.2) is 0 Å². The first-order valence-corrected chi connectivity index (χ1v) is 10.2. The number of nitrogens with one attached hydrogen (secondary N) is 1. The van der Waals surface area contributed by atoms with Gasteiger partial charge in [0.2, 0.25) is 5.91 Å². The van der Waals surface area contributed by atoms with Gasteiger partial charge in [0.25, 0.3) is 5.91 Å². The van der Waals surface area contributed by atoms with Gasteiger partial charge in [-0.15, -0.1) is 0 Å². The second-order valence-corrected chi connectivity index (χ2v) is 8.22. The largest absolute Gasteiger partial charge is 0.351 e. The zero-order valence-electron chi connectivity index (χ0n) is 16.3. The predicted molar refractivity (Wildman–Crippen MR) is 110 cm³/mol. The number of hydrogen-bond donors (Lipinski definition) is 1. The van der Waals surface area contributed by atoms with E-state index in [1.807, 2.05) is 58.5 Å². The third kappa shape index (κ3) is 3.18. The van der Waals surface area contributed by atoms with Crippen LogP contribution in [0.2, 0.25) is 0 Å². The monoisotopic (exact) mass is 388 g/mol. The molecule has 1 N–H and O–H groups in total. The third-order valence-electron chi connectivity index (χ3n) is 6.32. The molecule has 29 heavy (non-hydrogen) atoms. The Labute approximate surface area is 169 Å². The fourth-order valence-corrected chi connectivity index (χ4v) is 4.80.